The van der Waals surface area contributed by atoms with E-state index in [-0.39, 0.29) is 23.4 Å². The van der Waals surface area contributed by atoms with E-state index in [9.17, 15) is 5.11 Å². The fourth-order valence-corrected chi connectivity index (χ4v) is 5.45. The molecule has 0 saturated carbocycles. The second kappa shape index (κ2) is 8.82. The van der Waals surface area contributed by atoms with Gasteiger partial charge in [0, 0.05) is 6.42 Å². The van der Waals surface area contributed by atoms with Crippen molar-refractivity contribution in [1.82, 2.24) is 0 Å². The molecular weight excluding hydrogens is 440 g/mol. The van der Waals surface area contributed by atoms with Gasteiger partial charge in [-0.3, -0.25) is 0 Å². The summed E-state index contributed by atoms with van der Waals surface area (Å²) in [7, 11) is -2.15. The Morgan fingerprint density at radius 2 is 1.73 bits per heavy atom. The van der Waals surface area contributed by atoms with Gasteiger partial charge < -0.3 is 33.2 Å². The van der Waals surface area contributed by atoms with Crippen LogP contribution in [-0.2, 0) is 28.1 Å². The molecule has 33 heavy (non-hydrogen) atoms. The van der Waals surface area contributed by atoms with Gasteiger partial charge in [-0.25, -0.2) is 0 Å². The van der Waals surface area contributed by atoms with E-state index in [2.05, 4.69) is 46.5 Å². The highest BCUT2D eigenvalue weighted by molar-refractivity contribution is 6.74. The minimum Gasteiger partial charge on any atom is -0.410 e. The van der Waals surface area contributed by atoms with Crippen LogP contribution in [0, 0.1) is 0 Å². The van der Waals surface area contributed by atoms with Crippen molar-refractivity contribution in [2.75, 3.05) is 6.61 Å². The maximum atomic E-state index is 10.8. The van der Waals surface area contributed by atoms with Crippen LogP contribution in [0.3, 0.4) is 0 Å². The Kier molecular flexibility index (Phi) is 7.22. The molecule has 0 aromatic heterocycles. The summed E-state index contributed by atoms with van der Waals surface area (Å²) in [5.41, 5.74) is -0.167. The summed E-state index contributed by atoms with van der Waals surface area (Å²) in [6.07, 6.45) is 2.04. The number of rotatable bonds is 7. The average Bonchev–Trinajstić information content (AvgIpc) is 3.23. The third-order valence-corrected chi connectivity index (χ3v) is 11.6. The molecular formula is C25H44O7Si. The summed E-state index contributed by atoms with van der Waals surface area (Å²) in [6.45, 7) is 24.6. The highest BCUT2D eigenvalue weighted by atomic mass is 28.4. The summed E-state index contributed by atoms with van der Waals surface area (Å²) in [5.74, 6) is -1.44. The van der Waals surface area contributed by atoms with E-state index < -0.39 is 37.9 Å². The Bertz CT molecular complexity index is 765. The predicted molar refractivity (Wildman–Crippen MR) is 129 cm³/mol. The fraction of sp³-hybridized carbons (Fsp3) is 0.840. The van der Waals surface area contributed by atoms with Crippen LogP contribution >= 0.6 is 0 Å². The van der Waals surface area contributed by atoms with Crippen LogP contribution in [0.15, 0.2) is 24.3 Å². The summed E-state index contributed by atoms with van der Waals surface area (Å²) >= 11 is 0. The molecule has 3 fully saturated rings. The van der Waals surface area contributed by atoms with Crippen molar-refractivity contribution in [2.24, 2.45) is 0 Å². The minimum atomic E-state index is -2.15. The molecule has 0 unspecified atom stereocenters. The normalized spacial score (nSPS) is 35.4. The van der Waals surface area contributed by atoms with Crippen molar-refractivity contribution in [3.8, 4) is 0 Å². The second-order valence-electron chi connectivity index (χ2n) is 12.2. The maximum absolute atomic E-state index is 10.8. The minimum absolute atomic E-state index is 0.0132. The first-order chi connectivity index (χ1) is 14.8. The van der Waals surface area contributed by atoms with Gasteiger partial charge in [0.1, 0.15) is 18.3 Å². The Labute approximate surface area is 200 Å². The molecule has 3 aliphatic rings. The molecule has 1 N–H and O–H groups in total. The van der Waals surface area contributed by atoms with E-state index in [1.807, 2.05) is 27.7 Å². The van der Waals surface area contributed by atoms with Crippen LogP contribution < -0.4 is 0 Å². The molecule has 190 valence electrons. The smallest absolute Gasteiger partial charge is 0.192 e. The maximum Gasteiger partial charge on any atom is 0.192 e. The van der Waals surface area contributed by atoms with E-state index >= 15 is 0 Å². The molecule has 3 aliphatic heterocycles. The van der Waals surface area contributed by atoms with Crippen molar-refractivity contribution in [3.63, 3.8) is 0 Å². The zero-order valence-electron chi connectivity index (χ0n) is 22.1. The number of ether oxygens (including phenoxy) is 5. The standard InChI is InChI=1S/C25H44O7Si/c1-12-25(9,26)14-16(32-33(10,11)22(2,3)4)13-17-19(18-15-27-23(5,6)29-18)28-21-20(17)30-24(7,8)31-21/h12-13,16,18-21,26H,1,14-15H2,2-11H3/b17-13-/t16-,18-,19-,20+,21+,25-/m0/s1. The van der Waals surface area contributed by atoms with Gasteiger partial charge in [0.25, 0.3) is 0 Å². The van der Waals surface area contributed by atoms with Gasteiger partial charge in [0.2, 0.25) is 0 Å². The van der Waals surface area contributed by atoms with Crippen LogP contribution in [0.25, 0.3) is 0 Å². The van der Waals surface area contributed by atoms with E-state index in [4.69, 9.17) is 28.1 Å². The zero-order chi connectivity index (χ0) is 25.0. The van der Waals surface area contributed by atoms with Gasteiger partial charge >= 0.3 is 0 Å². The summed E-state index contributed by atoms with van der Waals surface area (Å²) in [5, 5.41) is 10.9. The predicted octanol–water partition coefficient (Wildman–Crippen LogP) is 4.66. The first-order valence-electron chi connectivity index (χ1n) is 11.9. The van der Waals surface area contributed by atoms with E-state index in [1.165, 1.54) is 0 Å². The first-order valence-corrected chi connectivity index (χ1v) is 14.8. The average molecular weight is 485 g/mol. The van der Waals surface area contributed by atoms with Gasteiger partial charge in [-0.1, -0.05) is 32.9 Å². The molecule has 0 aromatic carbocycles. The molecule has 0 bridgehead atoms. The van der Waals surface area contributed by atoms with Crippen LogP contribution in [0.4, 0.5) is 0 Å². The monoisotopic (exact) mass is 484 g/mol. The Balaban J connectivity index is 1.98. The number of aliphatic hydroxyl groups is 1. The molecule has 0 spiro atoms. The topological polar surface area (TPSA) is 75.6 Å². The quantitative estimate of drug-likeness (QED) is 0.416. The van der Waals surface area contributed by atoms with Gasteiger partial charge in [0.15, 0.2) is 26.2 Å². The van der Waals surface area contributed by atoms with Crippen molar-refractivity contribution >= 4 is 8.32 Å². The van der Waals surface area contributed by atoms with Gasteiger partial charge in [0.05, 0.1) is 18.3 Å². The summed E-state index contributed by atoms with van der Waals surface area (Å²) < 4.78 is 37.3. The number of hydrogen-bond donors (Lipinski definition) is 1. The lowest BCUT2D eigenvalue weighted by Gasteiger charge is -2.40. The molecule has 3 saturated heterocycles. The van der Waals surface area contributed by atoms with Gasteiger partial charge in [-0.15, -0.1) is 6.58 Å². The van der Waals surface area contributed by atoms with Crippen molar-refractivity contribution in [2.45, 2.75) is 128 Å². The van der Waals surface area contributed by atoms with Crippen molar-refractivity contribution in [3.05, 3.63) is 24.3 Å². The van der Waals surface area contributed by atoms with Crippen molar-refractivity contribution < 1.29 is 33.2 Å². The fourth-order valence-electron chi connectivity index (χ4n) is 4.19. The molecule has 3 heterocycles. The summed E-state index contributed by atoms with van der Waals surface area (Å²) in [4.78, 5) is 0. The highest BCUT2D eigenvalue weighted by Crippen LogP contribution is 2.45. The van der Waals surface area contributed by atoms with E-state index in [0.29, 0.717) is 13.0 Å². The van der Waals surface area contributed by atoms with Gasteiger partial charge in [-0.2, -0.15) is 0 Å². The van der Waals surface area contributed by atoms with Crippen molar-refractivity contribution in [1.29, 1.82) is 0 Å². The molecule has 0 amide bonds. The molecule has 0 aliphatic carbocycles. The lowest BCUT2D eigenvalue weighted by Crippen LogP contribution is -2.45. The van der Waals surface area contributed by atoms with Crippen LogP contribution in [0.1, 0.15) is 61.8 Å². The Hall–Kier alpha value is -0.583. The SMILES string of the molecule is C=C[C@](C)(O)C[C@H](/C=C1\[C@H]2OC(C)(C)O[C@H]2O[C@@H]1[C@@H]1COC(C)(C)O1)O[Si](C)(C)C(C)(C)C. The van der Waals surface area contributed by atoms with E-state index in [0.717, 1.165) is 5.57 Å². The Morgan fingerprint density at radius 3 is 2.24 bits per heavy atom. The third-order valence-electron chi connectivity index (χ3n) is 7.05. The molecule has 7 nitrogen and oxygen atoms in total. The zero-order valence-corrected chi connectivity index (χ0v) is 23.1. The molecule has 6 atom stereocenters. The Morgan fingerprint density at radius 1 is 1.09 bits per heavy atom. The first kappa shape index (κ1) is 27.0. The van der Waals surface area contributed by atoms with Crippen LogP contribution in [-0.4, -0.2) is 67.9 Å². The third kappa shape index (κ3) is 6.16. The molecule has 3 rings (SSSR count). The number of hydrogen-bond acceptors (Lipinski definition) is 7. The highest BCUT2D eigenvalue weighted by Gasteiger charge is 2.55. The lowest BCUT2D eigenvalue weighted by molar-refractivity contribution is -0.215. The summed E-state index contributed by atoms with van der Waals surface area (Å²) in [6, 6.07) is 0. The molecule has 0 aromatic rings. The lowest BCUT2D eigenvalue weighted by atomic mass is 9.94. The van der Waals surface area contributed by atoms with E-state index in [1.54, 1.807) is 13.0 Å². The second-order valence-corrected chi connectivity index (χ2v) is 17.0. The van der Waals surface area contributed by atoms with Crippen LogP contribution in [0.2, 0.25) is 18.1 Å². The molecule has 0 radical (unpaired) electrons. The van der Waals surface area contributed by atoms with Crippen LogP contribution in [0.5, 0.6) is 0 Å². The largest absolute Gasteiger partial charge is 0.410 e. The number of fused-ring (bicyclic) bond motifs is 1. The molecule has 8 heteroatoms. The van der Waals surface area contributed by atoms with Gasteiger partial charge in [-0.05, 0) is 58.3 Å².